The van der Waals surface area contributed by atoms with Gasteiger partial charge in [-0.3, -0.25) is 45.5 Å². The SMILES string of the molecule is CC1(C(=O)NNC(=O)c2ccccc2[N+](=O)[O-])CC2(C)CC(C)(C1)C(=O)NC2=O. The molecule has 1 aromatic rings. The Labute approximate surface area is 166 Å². The van der Waals surface area contributed by atoms with Gasteiger partial charge in [0.05, 0.1) is 10.3 Å². The van der Waals surface area contributed by atoms with Crippen LogP contribution in [0.25, 0.3) is 0 Å². The second-order valence-corrected chi connectivity index (χ2v) is 8.68. The number of imide groups is 1. The van der Waals surface area contributed by atoms with Crippen molar-refractivity contribution in [3.05, 3.63) is 39.9 Å². The van der Waals surface area contributed by atoms with Gasteiger partial charge in [-0.15, -0.1) is 0 Å². The number of hydrazine groups is 1. The average Bonchev–Trinajstić information content (AvgIpc) is 2.63. The quantitative estimate of drug-likeness (QED) is 0.393. The first-order chi connectivity index (χ1) is 13.4. The van der Waals surface area contributed by atoms with E-state index >= 15 is 0 Å². The van der Waals surface area contributed by atoms with Crippen molar-refractivity contribution in [2.24, 2.45) is 16.2 Å². The number of nitrogens with one attached hydrogen (secondary N) is 3. The van der Waals surface area contributed by atoms with Crippen LogP contribution in [0, 0.1) is 26.4 Å². The number of carbonyl (C=O) groups excluding carboxylic acids is 4. The second kappa shape index (κ2) is 6.64. The zero-order valence-corrected chi connectivity index (χ0v) is 16.3. The van der Waals surface area contributed by atoms with Gasteiger partial charge in [-0.25, -0.2) is 0 Å². The summed E-state index contributed by atoms with van der Waals surface area (Å²) in [6.45, 7) is 5.06. The summed E-state index contributed by atoms with van der Waals surface area (Å²) in [4.78, 5) is 60.3. The molecule has 3 N–H and O–H groups in total. The van der Waals surface area contributed by atoms with E-state index in [1.54, 1.807) is 20.8 Å². The number of nitro groups is 1. The van der Waals surface area contributed by atoms with Crippen molar-refractivity contribution < 1.29 is 24.1 Å². The highest BCUT2D eigenvalue weighted by atomic mass is 16.6. The monoisotopic (exact) mass is 402 g/mol. The normalized spacial score (nSPS) is 30.9. The van der Waals surface area contributed by atoms with Gasteiger partial charge in [0.15, 0.2) is 0 Å². The van der Waals surface area contributed by atoms with Crippen molar-refractivity contribution in [1.29, 1.82) is 0 Å². The summed E-state index contributed by atoms with van der Waals surface area (Å²) in [5.41, 5.74) is 1.04. The van der Waals surface area contributed by atoms with E-state index in [0.29, 0.717) is 6.42 Å². The molecule has 2 unspecified atom stereocenters. The summed E-state index contributed by atoms with van der Waals surface area (Å²) in [5.74, 6) is -2.23. The molecule has 0 spiro atoms. The van der Waals surface area contributed by atoms with E-state index in [0.717, 1.165) is 0 Å². The number of nitro benzene ring substituents is 1. The van der Waals surface area contributed by atoms with Crippen LogP contribution in [-0.2, 0) is 14.4 Å². The number of fused-ring (bicyclic) bond motifs is 2. The third kappa shape index (κ3) is 3.45. The highest BCUT2D eigenvalue weighted by Gasteiger charge is 2.60. The van der Waals surface area contributed by atoms with Gasteiger partial charge in [-0.05, 0) is 25.3 Å². The Bertz CT molecular complexity index is 916. The Kier molecular flexibility index (Phi) is 4.68. The van der Waals surface area contributed by atoms with Crippen LogP contribution in [0.4, 0.5) is 5.69 Å². The Morgan fingerprint density at radius 2 is 1.55 bits per heavy atom. The highest BCUT2D eigenvalue weighted by molar-refractivity contribution is 6.05. The Morgan fingerprint density at radius 1 is 1.00 bits per heavy atom. The lowest BCUT2D eigenvalue weighted by molar-refractivity contribution is -0.385. The number of nitrogens with zero attached hydrogens (tertiary/aromatic N) is 1. The van der Waals surface area contributed by atoms with E-state index in [-0.39, 0.29) is 24.1 Å². The van der Waals surface area contributed by atoms with Crippen LogP contribution in [0.5, 0.6) is 0 Å². The van der Waals surface area contributed by atoms with Gasteiger partial charge in [0.25, 0.3) is 11.6 Å². The topological polar surface area (TPSA) is 148 Å². The Balaban J connectivity index is 1.77. The van der Waals surface area contributed by atoms with E-state index in [9.17, 15) is 29.3 Å². The molecule has 1 saturated heterocycles. The fourth-order valence-corrected chi connectivity index (χ4v) is 4.81. The van der Waals surface area contributed by atoms with Crippen LogP contribution in [0.1, 0.15) is 50.4 Å². The highest BCUT2D eigenvalue weighted by Crippen LogP contribution is 2.56. The molecule has 1 aliphatic heterocycles. The number of para-hydroxylation sites is 1. The largest absolute Gasteiger partial charge is 0.296 e. The average molecular weight is 402 g/mol. The first-order valence-electron chi connectivity index (χ1n) is 9.10. The lowest BCUT2D eigenvalue weighted by Gasteiger charge is -2.53. The molecule has 10 nitrogen and oxygen atoms in total. The molecule has 10 heteroatoms. The molecule has 1 aliphatic carbocycles. The number of hydrogen-bond acceptors (Lipinski definition) is 6. The summed E-state index contributed by atoms with van der Waals surface area (Å²) in [6, 6.07) is 5.36. The fourth-order valence-electron chi connectivity index (χ4n) is 4.81. The first kappa shape index (κ1) is 20.4. The van der Waals surface area contributed by atoms with Gasteiger partial charge in [0, 0.05) is 16.9 Å². The predicted molar refractivity (Wildman–Crippen MR) is 100 cm³/mol. The zero-order valence-electron chi connectivity index (χ0n) is 16.3. The molecule has 1 aromatic carbocycles. The fraction of sp³-hybridized carbons (Fsp3) is 0.474. The van der Waals surface area contributed by atoms with Crippen molar-refractivity contribution in [3.8, 4) is 0 Å². The molecule has 29 heavy (non-hydrogen) atoms. The van der Waals surface area contributed by atoms with Gasteiger partial charge in [0.1, 0.15) is 5.56 Å². The van der Waals surface area contributed by atoms with E-state index in [4.69, 9.17) is 0 Å². The molecule has 0 aromatic heterocycles. The van der Waals surface area contributed by atoms with Crippen molar-refractivity contribution in [2.75, 3.05) is 0 Å². The molecule has 154 valence electrons. The zero-order chi connectivity index (χ0) is 21.6. The number of benzene rings is 1. The van der Waals surface area contributed by atoms with Crippen molar-refractivity contribution >= 4 is 29.3 Å². The van der Waals surface area contributed by atoms with E-state index < -0.39 is 44.8 Å². The minimum Gasteiger partial charge on any atom is -0.296 e. The molecule has 2 atom stereocenters. The van der Waals surface area contributed by atoms with Crippen molar-refractivity contribution in [3.63, 3.8) is 0 Å². The summed E-state index contributed by atoms with van der Waals surface area (Å²) >= 11 is 0. The smallest absolute Gasteiger partial charge is 0.282 e. The molecule has 4 amide bonds. The minimum atomic E-state index is -1.09. The molecule has 2 fully saturated rings. The maximum Gasteiger partial charge on any atom is 0.282 e. The number of amides is 4. The second-order valence-electron chi connectivity index (χ2n) is 8.68. The summed E-state index contributed by atoms with van der Waals surface area (Å²) in [5, 5.41) is 13.5. The lowest BCUT2D eigenvalue weighted by atomic mass is 9.52. The van der Waals surface area contributed by atoms with Crippen LogP contribution < -0.4 is 16.2 Å². The van der Waals surface area contributed by atoms with Gasteiger partial charge >= 0.3 is 0 Å². The predicted octanol–water partition coefficient (Wildman–Crippen LogP) is 1.21. The van der Waals surface area contributed by atoms with Crippen LogP contribution in [0.2, 0.25) is 0 Å². The summed E-state index contributed by atoms with van der Waals surface area (Å²) < 4.78 is 0. The van der Waals surface area contributed by atoms with Gasteiger partial charge in [0.2, 0.25) is 17.7 Å². The minimum absolute atomic E-state index is 0.196. The molecule has 3 rings (SSSR count). The van der Waals surface area contributed by atoms with Gasteiger partial charge in [-0.2, -0.15) is 0 Å². The van der Waals surface area contributed by atoms with Gasteiger partial charge in [-0.1, -0.05) is 32.9 Å². The first-order valence-corrected chi connectivity index (χ1v) is 9.10. The van der Waals surface area contributed by atoms with Gasteiger partial charge < -0.3 is 0 Å². The molecular weight excluding hydrogens is 380 g/mol. The maximum atomic E-state index is 12.9. The molecule has 2 aliphatic rings. The summed E-state index contributed by atoms with van der Waals surface area (Å²) in [6.07, 6.45) is 0.736. The third-order valence-electron chi connectivity index (χ3n) is 5.85. The molecular formula is C19H22N4O6. The van der Waals surface area contributed by atoms with E-state index in [1.165, 1.54) is 24.3 Å². The number of carbonyl (C=O) groups is 4. The molecule has 1 heterocycles. The van der Waals surface area contributed by atoms with E-state index in [1.807, 2.05) is 0 Å². The van der Waals surface area contributed by atoms with Crippen molar-refractivity contribution in [2.45, 2.75) is 40.0 Å². The maximum absolute atomic E-state index is 12.9. The van der Waals surface area contributed by atoms with Crippen LogP contribution in [0.15, 0.2) is 24.3 Å². The molecule has 0 radical (unpaired) electrons. The lowest BCUT2D eigenvalue weighted by Crippen LogP contribution is -2.64. The van der Waals surface area contributed by atoms with Crippen molar-refractivity contribution in [1.82, 2.24) is 16.2 Å². The molecule has 1 saturated carbocycles. The Hall–Kier alpha value is -3.30. The number of piperidine rings is 1. The Morgan fingerprint density at radius 3 is 2.10 bits per heavy atom. The van der Waals surface area contributed by atoms with Crippen LogP contribution in [-0.4, -0.2) is 28.6 Å². The van der Waals surface area contributed by atoms with Crippen LogP contribution in [0.3, 0.4) is 0 Å². The third-order valence-corrected chi connectivity index (χ3v) is 5.85. The standard InChI is InChI=1S/C19H22N4O6/c1-17-8-18(2,15(26)20-14(17)25)10-19(3,9-17)16(27)22-21-13(24)11-6-4-5-7-12(11)23(28)29/h4-7H,8-10H2,1-3H3,(H,21,24)(H,22,27)(H,20,25,26). The number of hydrogen-bond donors (Lipinski definition) is 3. The summed E-state index contributed by atoms with van der Waals surface area (Å²) in [7, 11) is 0. The van der Waals surface area contributed by atoms with E-state index in [2.05, 4.69) is 16.2 Å². The molecule has 2 bridgehead atoms. The van der Waals surface area contributed by atoms with Crippen LogP contribution >= 0.6 is 0 Å². The number of rotatable bonds is 3.